The molecule has 0 unspecified atom stereocenters. The number of nitrogens with zero attached hydrogens (tertiary/aromatic N) is 4. The SMILES string of the molecule is O=C(Nc1ccc(Cl)c(Cl)c1)N1CCN(c2nc(Cc3ccccc3)ns2)CC1. The second-order valence-corrected chi connectivity index (χ2v) is 8.23. The summed E-state index contributed by atoms with van der Waals surface area (Å²) in [5.74, 6) is 0.830. The summed E-state index contributed by atoms with van der Waals surface area (Å²) < 4.78 is 4.48. The molecule has 29 heavy (non-hydrogen) atoms. The predicted molar refractivity (Wildman–Crippen MR) is 118 cm³/mol. The summed E-state index contributed by atoms with van der Waals surface area (Å²) in [6.07, 6.45) is 0.726. The minimum Gasteiger partial charge on any atom is -0.343 e. The number of nitrogens with one attached hydrogen (secondary N) is 1. The number of anilines is 2. The van der Waals surface area contributed by atoms with Gasteiger partial charge in [0.05, 0.1) is 10.0 Å². The Balaban J connectivity index is 1.31. The van der Waals surface area contributed by atoms with Crippen molar-refractivity contribution in [3.8, 4) is 0 Å². The van der Waals surface area contributed by atoms with Crippen LogP contribution >= 0.6 is 34.7 Å². The summed E-state index contributed by atoms with van der Waals surface area (Å²) in [6, 6.07) is 15.1. The second-order valence-electron chi connectivity index (χ2n) is 6.69. The molecule has 0 spiro atoms. The van der Waals surface area contributed by atoms with Crippen LogP contribution in [0.15, 0.2) is 48.5 Å². The number of piperazine rings is 1. The highest BCUT2D eigenvalue weighted by atomic mass is 35.5. The fourth-order valence-corrected chi connectivity index (χ4v) is 4.14. The van der Waals surface area contributed by atoms with Crippen LogP contribution in [0.3, 0.4) is 0 Å². The number of amides is 2. The number of carbonyl (C=O) groups is 1. The summed E-state index contributed by atoms with van der Waals surface area (Å²) >= 11 is 13.3. The molecule has 1 N–H and O–H groups in total. The van der Waals surface area contributed by atoms with E-state index in [1.54, 1.807) is 23.1 Å². The van der Waals surface area contributed by atoms with Crippen LogP contribution in [0.1, 0.15) is 11.4 Å². The van der Waals surface area contributed by atoms with E-state index in [0.717, 1.165) is 30.5 Å². The van der Waals surface area contributed by atoms with Crippen molar-refractivity contribution in [2.75, 3.05) is 36.4 Å². The van der Waals surface area contributed by atoms with Crippen molar-refractivity contribution in [1.82, 2.24) is 14.3 Å². The number of aromatic nitrogens is 2. The first-order chi connectivity index (χ1) is 14.1. The van der Waals surface area contributed by atoms with Gasteiger partial charge in [-0.1, -0.05) is 53.5 Å². The predicted octanol–water partition coefficient (Wildman–Crippen LogP) is 4.79. The monoisotopic (exact) mass is 447 g/mol. The van der Waals surface area contributed by atoms with Gasteiger partial charge in [-0.25, -0.2) is 9.78 Å². The van der Waals surface area contributed by atoms with Crippen LogP contribution in [0.4, 0.5) is 15.6 Å². The van der Waals surface area contributed by atoms with Gasteiger partial charge >= 0.3 is 6.03 Å². The lowest BCUT2D eigenvalue weighted by molar-refractivity contribution is 0.208. The molecule has 1 aromatic heterocycles. The van der Waals surface area contributed by atoms with Crippen molar-refractivity contribution in [3.05, 3.63) is 70.0 Å². The molecule has 9 heteroatoms. The molecule has 2 amide bonds. The van der Waals surface area contributed by atoms with Crippen molar-refractivity contribution in [3.63, 3.8) is 0 Å². The van der Waals surface area contributed by atoms with Gasteiger partial charge in [0.2, 0.25) is 5.13 Å². The minimum atomic E-state index is -0.148. The highest BCUT2D eigenvalue weighted by Crippen LogP contribution is 2.25. The van der Waals surface area contributed by atoms with E-state index < -0.39 is 0 Å². The standard InChI is InChI=1S/C20H19Cl2N5OS/c21-16-7-6-15(13-17(16)22)23-19(28)26-8-10-27(11-9-26)20-24-18(25-29-20)12-14-4-2-1-3-5-14/h1-7,13H,8-12H2,(H,23,28). The molecule has 4 rings (SSSR count). The molecule has 1 aliphatic rings. The van der Waals surface area contributed by atoms with Gasteiger partial charge in [-0.15, -0.1) is 0 Å². The number of halogens is 2. The first kappa shape index (κ1) is 19.9. The Hall–Kier alpha value is -2.35. The van der Waals surface area contributed by atoms with Crippen LogP contribution in [0.5, 0.6) is 0 Å². The maximum atomic E-state index is 12.5. The van der Waals surface area contributed by atoms with E-state index in [0.29, 0.717) is 28.8 Å². The van der Waals surface area contributed by atoms with Crippen LogP contribution in [0.2, 0.25) is 10.0 Å². The zero-order valence-corrected chi connectivity index (χ0v) is 17.8. The molecule has 1 saturated heterocycles. The Morgan fingerprint density at radius 2 is 1.79 bits per heavy atom. The number of hydrogen-bond donors (Lipinski definition) is 1. The van der Waals surface area contributed by atoms with Gasteiger partial charge in [-0.2, -0.15) is 4.37 Å². The lowest BCUT2D eigenvalue weighted by Crippen LogP contribution is -2.50. The van der Waals surface area contributed by atoms with E-state index >= 15 is 0 Å². The number of rotatable bonds is 4. The Morgan fingerprint density at radius 3 is 2.52 bits per heavy atom. The first-order valence-electron chi connectivity index (χ1n) is 9.21. The average Bonchev–Trinajstić information content (AvgIpc) is 3.20. The molecule has 3 aromatic rings. The zero-order chi connectivity index (χ0) is 20.2. The Labute approximate surface area is 183 Å². The fraction of sp³-hybridized carbons (Fsp3) is 0.250. The van der Waals surface area contributed by atoms with Gasteiger partial charge in [0, 0.05) is 49.8 Å². The lowest BCUT2D eigenvalue weighted by Gasteiger charge is -2.34. The summed E-state index contributed by atoms with van der Waals surface area (Å²) in [7, 11) is 0. The minimum absolute atomic E-state index is 0.148. The molecule has 1 fully saturated rings. The Morgan fingerprint density at radius 1 is 1.03 bits per heavy atom. The van der Waals surface area contributed by atoms with Crippen LogP contribution in [0, 0.1) is 0 Å². The maximum absolute atomic E-state index is 12.5. The Kier molecular flexibility index (Phi) is 6.18. The molecule has 0 saturated carbocycles. The van der Waals surface area contributed by atoms with Crippen LogP contribution in [-0.2, 0) is 6.42 Å². The average molecular weight is 448 g/mol. The normalized spacial score (nSPS) is 14.1. The summed E-state index contributed by atoms with van der Waals surface area (Å²) in [5.41, 5.74) is 1.82. The smallest absolute Gasteiger partial charge is 0.321 e. The fourth-order valence-electron chi connectivity index (χ4n) is 3.10. The van der Waals surface area contributed by atoms with E-state index in [9.17, 15) is 4.79 Å². The number of urea groups is 1. The molecule has 2 heterocycles. The van der Waals surface area contributed by atoms with Crippen molar-refractivity contribution >= 4 is 51.6 Å². The van der Waals surface area contributed by atoms with Gasteiger partial charge in [0.15, 0.2) is 0 Å². The lowest BCUT2D eigenvalue weighted by atomic mass is 10.1. The van der Waals surface area contributed by atoms with E-state index in [-0.39, 0.29) is 6.03 Å². The van der Waals surface area contributed by atoms with E-state index in [1.807, 2.05) is 18.2 Å². The molecule has 1 aliphatic heterocycles. The largest absolute Gasteiger partial charge is 0.343 e. The maximum Gasteiger partial charge on any atom is 0.321 e. The highest BCUT2D eigenvalue weighted by molar-refractivity contribution is 7.09. The first-order valence-corrected chi connectivity index (χ1v) is 10.7. The van der Waals surface area contributed by atoms with Crippen molar-refractivity contribution in [2.45, 2.75) is 6.42 Å². The molecule has 0 aliphatic carbocycles. The van der Waals surface area contributed by atoms with Crippen LogP contribution in [0.25, 0.3) is 0 Å². The van der Waals surface area contributed by atoms with Gasteiger partial charge < -0.3 is 15.1 Å². The molecule has 0 radical (unpaired) electrons. The molecule has 0 bridgehead atoms. The van der Waals surface area contributed by atoms with E-state index in [1.165, 1.54) is 17.1 Å². The third kappa shape index (κ3) is 4.98. The van der Waals surface area contributed by atoms with Crippen molar-refractivity contribution in [1.29, 1.82) is 0 Å². The van der Waals surface area contributed by atoms with Gasteiger partial charge in [0.1, 0.15) is 5.82 Å². The molecule has 150 valence electrons. The summed E-state index contributed by atoms with van der Waals surface area (Å²) in [5, 5.41) is 4.64. The number of hydrogen-bond acceptors (Lipinski definition) is 5. The summed E-state index contributed by atoms with van der Waals surface area (Å²) in [4.78, 5) is 21.1. The van der Waals surface area contributed by atoms with Crippen LogP contribution in [-0.4, -0.2) is 46.5 Å². The van der Waals surface area contributed by atoms with E-state index in [2.05, 4.69) is 31.7 Å². The van der Waals surface area contributed by atoms with Gasteiger partial charge in [0.25, 0.3) is 0 Å². The van der Waals surface area contributed by atoms with Gasteiger partial charge in [-0.3, -0.25) is 0 Å². The van der Waals surface area contributed by atoms with Gasteiger partial charge in [-0.05, 0) is 23.8 Å². The molecular formula is C20H19Cl2N5OS. The van der Waals surface area contributed by atoms with Crippen LogP contribution < -0.4 is 10.2 Å². The third-order valence-corrected chi connectivity index (χ3v) is 6.22. The van der Waals surface area contributed by atoms with E-state index in [4.69, 9.17) is 23.2 Å². The molecule has 6 nitrogen and oxygen atoms in total. The van der Waals surface area contributed by atoms with Crippen molar-refractivity contribution < 1.29 is 4.79 Å². The molecule has 2 aromatic carbocycles. The number of carbonyl (C=O) groups excluding carboxylic acids is 1. The number of benzene rings is 2. The third-order valence-electron chi connectivity index (χ3n) is 4.67. The van der Waals surface area contributed by atoms with Crippen molar-refractivity contribution in [2.24, 2.45) is 0 Å². The molecular weight excluding hydrogens is 429 g/mol. The highest BCUT2D eigenvalue weighted by Gasteiger charge is 2.23. The summed E-state index contributed by atoms with van der Waals surface area (Å²) in [6.45, 7) is 2.66. The Bertz CT molecular complexity index is 990. The quantitative estimate of drug-likeness (QED) is 0.624. The molecule has 0 atom stereocenters. The topological polar surface area (TPSA) is 61.4 Å². The zero-order valence-electron chi connectivity index (χ0n) is 15.5. The second kappa shape index (κ2) is 8.98.